The lowest BCUT2D eigenvalue weighted by Gasteiger charge is -2.33. The van der Waals surface area contributed by atoms with E-state index in [2.05, 4.69) is 4.99 Å². The summed E-state index contributed by atoms with van der Waals surface area (Å²) in [5, 5.41) is 0.485. The standard InChI is InChI=1S/C24H24Cl2N4O7S2/c1-3-37-24(33)28-10-12-29(13-11-28)39(34,35)16-6-4-15(5-7-16)22(32)27-23-30(14-19(31)36-2)21-18(38-23)9-8-17(25)20(21)26/h4-9H,3,10-14H2,1-2H3. The number of fused-ring (bicyclic) bond motifs is 1. The molecule has 0 saturated carbocycles. The third-order valence-corrected chi connectivity index (χ3v) is 9.70. The maximum atomic E-state index is 13.1. The van der Waals surface area contributed by atoms with Gasteiger partial charge in [-0.25, -0.2) is 13.2 Å². The molecular weight excluding hydrogens is 591 g/mol. The van der Waals surface area contributed by atoms with E-state index >= 15 is 0 Å². The van der Waals surface area contributed by atoms with E-state index in [1.54, 1.807) is 19.1 Å². The fourth-order valence-electron chi connectivity index (χ4n) is 3.92. The number of halogens is 2. The Balaban J connectivity index is 1.58. The fraction of sp³-hybridized carbons (Fsp3) is 0.333. The zero-order valence-electron chi connectivity index (χ0n) is 20.9. The zero-order valence-corrected chi connectivity index (χ0v) is 24.1. The Morgan fingerprint density at radius 3 is 2.31 bits per heavy atom. The lowest BCUT2D eigenvalue weighted by atomic mass is 10.2. The number of hydrogen-bond acceptors (Lipinski definition) is 8. The van der Waals surface area contributed by atoms with Gasteiger partial charge in [0.15, 0.2) is 4.80 Å². The molecule has 1 aromatic heterocycles. The van der Waals surface area contributed by atoms with E-state index in [0.29, 0.717) is 10.2 Å². The van der Waals surface area contributed by atoms with Crippen molar-refractivity contribution in [3.63, 3.8) is 0 Å². The minimum atomic E-state index is -3.84. The smallest absolute Gasteiger partial charge is 0.409 e. The van der Waals surface area contributed by atoms with E-state index in [-0.39, 0.29) is 64.6 Å². The van der Waals surface area contributed by atoms with E-state index in [1.165, 1.54) is 45.1 Å². The topological polar surface area (TPSA) is 128 Å². The van der Waals surface area contributed by atoms with E-state index in [1.807, 2.05) is 0 Å². The Morgan fingerprint density at radius 2 is 1.69 bits per heavy atom. The molecule has 0 unspecified atom stereocenters. The molecule has 0 atom stereocenters. The Bertz CT molecular complexity index is 1590. The maximum absolute atomic E-state index is 13.1. The molecule has 0 N–H and O–H groups in total. The van der Waals surface area contributed by atoms with Crippen molar-refractivity contribution in [3.05, 3.63) is 56.8 Å². The van der Waals surface area contributed by atoms with Crippen molar-refractivity contribution in [3.8, 4) is 0 Å². The average molecular weight is 616 g/mol. The van der Waals surface area contributed by atoms with Gasteiger partial charge >= 0.3 is 12.1 Å². The molecule has 1 fully saturated rings. The lowest BCUT2D eigenvalue weighted by Crippen LogP contribution is -2.50. The van der Waals surface area contributed by atoms with Gasteiger partial charge in [-0.3, -0.25) is 9.59 Å². The number of sulfonamides is 1. The molecular formula is C24H24Cl2N4O7S2. The molecule has 3 aromatic rings. The van der Waals surface area contributed by atoms with Crippen LogP contribution < -0.4 is 4.80 Å². The number of esters is 1. The first-order chi connectivity index (χ1) is 18.6. The van der Waals surface area contributed by atoms with Crippen molar-refractivity contribution in [2.75, 3.05) is 39.9 Å². The molecule has 2 aromatic carbocycles. The van der Waals surface area contributed by atoms with Gasteiger partial charge in [0, 0.05) is 31.7 Å². The number of rotatable bonds is 6. The van der Waals surface area contributed by atoms with Gasteiger partial charge in [0.25, 0.3) is 5.91 Å². The number of carbonyl (C=O) groups excluding carboxylic acids is 3. The molecule has 1 aliphatic rings. The number of methoxy groups -OCH3 is 1. The van der Waals surface area contributed by atoms with Gasteiger partial charge < -0.3 is 18.9 Å². The van der Waals surface area contributed by atoms with Crippen LogP contribution in [0.25, 0.3) is 10.2 Å². The molecule has 11 nitrogen and oxygen atoms in total. The first kappa shape index (κ1) is 29.0. The summed E-state index contributed by atoms with van der Waals surface area (Å²) >= 11 is 13.7. The maximum Gasteiger partial charge on any atom is 0.409 e. The number of aromatic nitrogens is 1. The highest BCUT2D eigenvalue weighted by Gasteiger charge is 2.30. The highest BCUT2D eigenvalue weighted by molar-refractivity contribution is 7.89. The summed E-state index contributed by atoms with van der Waals surface area (Å²) in [5.41, 5.74) is 0.586. The highest BCUT2D eigenvalue weighted by atomic mass is 35.5. The van der Waals surface area contributed by atoms with Crippen LogP contribution in [0.5, 0.6) is 0 Å². The molecule has 0 bridgehead atoms. The summed E-state index contributed by atoms with van der Waals surface area (Å²) in [6, 6.07) is 8.72. The lowest BCUT2D eigenvalue weighted by molar-refractivity contribution is -0.141. The van der Waals surface area contributed by atoms with Gasteiger partial charge in [-0.15, -0.1) is 0 Å². The number of nitrogens with zero attached hydrogens (tertiary/aromatic N) is 4. The van der Waals surface area contributed by atoms with Crippen LogP contribution in [-0.4, -0.2) is 80.1 Å². The quantitative estimate of drug-likeness (QED) is 0.389. The molecule has 15 heteroatoms. The van der Waals surface area contributed by atoms with Crippen LogP contribution in [0.15, 0.2) is 46.3 Å². The fourth-order valence-corrected chi connectivity index (χ4v) is 6.86. The minimum Gasteiger partial charge on any atom is -0.468 e. The normalized spacial score (nSPS) is 15.0. The van der Waals surface area contributed by atoms with Gasteiger partial charge in [-0.05, 0) is 43.3 Å². The molecule has 1 aliphatic heterocycles. The van der Waals surface area contributed by atoms with Gasteiger partial charge in [0.05, 0.1) is 38.9 Å². The minimum absolute atomic E-state index is 0.00711. The second kappa shape index (κ2) is 12.0. The first-order valence-corrected chi connectivity index (χ1v) is 14.7. The number of thiazole rings is 1. The Morgan fingerprint density at radius 1 is 1.03 bits per heavy atom. The van der Waals surface area contributed by atoms with Crippen LogP contribution in [0.2, 0.25) is 10.0 Å². The van der Waals surface area contributed by atoms with E-state index < -0.39 is 28.0 Å². The van der Waals surface area contributed by atoms with Gasteiger partial charge in [0.2, 0.25) is 10.0 Å². The van der Waals surface area contributed by atoms with Crippen molar-refractivity contribution < 1.29 is 32.3 Å². The SMILES string of the molecule is CCOC(=O)N1CCN(S(=O)(=O)c2ccc(C(=O)N=c3sc4ccc(Cl)c(Cl)c4n3CC(=O)OC)cc2)CC1. The van der Waals surface area contributed by atoms with Crippen molar-refractivity contribution in [1.82, 2.24) is 13.8 Å². The van der Waals surface area contributed by atoms with Crippen LogP contribution in [-0.2, 0) is 30.8 Å². The number of ether oxygens (including phenoxy) is 2. The zero-order chi connectivity index (χ0) is 28.3. The molecule has 2 heterocycles. The van der Waals surface area contributed by atoms with Crippen molar-refractivity contribution in [1.29, 1.82) is 0 Å². The van der Waals surface area contributed by atoms with Crippen molar-refractivity contribution in [2.24, 2.45) is 4.99 Å². The summed E-state index contributed by atoms with van der Waals surface area (Å²) in [7, 11) is -2.60. The largest absolute Gasteiger partial charge is 0.468 e. The average Bonchev–Trinajstić information content (AvgIpc) is 3.27. The Labute approximate surface area is 238 Å². The monoisotopic (exact) mass is 614 g/mol. The number of benzene rings is 2. The summed E-state index contributed by atoms with van der Waals surface area (Å²) in [5.74, 6) is -1.22. The molecule has 4 rings (SSSR count). The number of piperazine rings is 1. The van der Waals surface area contributed by atoms with E-state index in [0.717, 1.165) is 11.3 Å². The Kier molecular flexibility index (Phi) is 8.96. The second-order valence-corrected chi connectivity index (χ2v) is 12.0. The van der Waals surface area contributed by atoms with Crippen LogP contribution in [0, 0.1) is 0 Å². The van der Waals surface area contributed by atoms with Gasteiger partial charge in [-0.1, -0.05) is 34.5 Å². The molecule has 208 valence electrons. The van der Waals surface area contributed by atoms with E-state index in [9.17, 15) is 22.8 Å². The third-order valence-electron chi connectivity index (χ3n) is 5.95. The third kappa shape index (κ3) is 6.12. The van der Waals surface area contributed by atoms with E-state index in [4.69, 9.17) is 32.7 Å². The highest BCUT2D eigenvalue weighted by Crippen LogP contribution is 2.32. The predicted octanol–water partition coefficient (Wildman–Crippen LogP) is 3.39. The summed E-state index contributed by atoms with van der Waals surface area (Å²) in [4.78, 5) is 42.8. The van der Waals surface area contributed by atoms with Gasteiger partial charge in [0.1, 0.15) is 6.54 Å². The first-order valence-electron chi connectivity index (χ1n) is 11.7. The number of hydrogen-bond donors (Lipinski definition) is 0. The van der Waals surface area contributed by atoms with Crippen molar-refractivity contribution in [2.45, 2.75) is 18.4 Å². The number of amides is 2. The second-order valence-electron chi connectivity index (χ2n) is 8.29. The van der Waals surface area contributed by atoms with Crippen molar-refractivity contribution >= 4 is 72.7 Å². The summed E-state index contributed by atoms with van der Waals surface area (Å²) in [6.07, 6.45) is -0.474. The number of carbonyl (C=O) groups is 3. The molecule has 0 radical (unpaired) electrons. The molecule has 2 amide bonds. The predicted molar refractivity (Wildman–Crippen MR) is 146 cm³/mol. The van der Waals surface area contributed by atoms with Gasteiger partial charge in [-0.2, -0.15) is 9.30 Å². The summed E-state index contributed by atoms with van der Waals surface area (Å²) < 4.78 is 39.3. The molecule has 1 saturated heterocycles. The summed E-state index contributed by atoms with van der Waals surface area (Å²) in [6.45, 7) is 2.36. The molecule has 0 spiro atoms. The van der Waals surface area contributed by atoms with Crippen LogP contribution in [0.4, 0.5) is 4.79 Å². The van der Waals surface area contributed by atoms with Crippen LogP contribution in [0.1, 0.15) is 17.3 Å². The Hall–Kier alpha value is -2.97. The van der Waals surface area contributed by atoms with Crippen LogP contribution >= 0.6 is 34.5 Å². The van der Waals surface area contributed by atoms with Crippen LogP contribution in [0.3, 0.4) is 0 Å². The molecule has 39 heavy (non-hydrogen) atoms. The molecule has 0 aliphatic carbocycles.